The number of piperazine rings is 1. The molecule has 10 heteroatoms. The molecule has 140 valence electrons. The van der Waals surface area contributed by atoms with Gasteiger partial charge in [0.2, 0.25) is 15.9 Å². The summed E-state index contributed by atoms with van der Waals surface area (Å²) < 4.78 is 25.1. The molecule has 3 aliphatic rings. The van der Waals surface area contributed by atoms with Crippen LogP contribution in [0.1, 0.15) is 32.6 Å². The zero-order valence-corrected chi connectivity index (χ0v) is 15.2. The molecule has 2 heterocycles. The Hall–Kier alpha value is -1.68. The van der Waals surface area contributed by atoms with E-state index in [0.717, 1.165) is 17.7 Å². The standard InChI is InChI=1S/C15H24N4O5S/c1-2-25(23,24)18-9-7-17(8-10-18)12(20)11-19-13(21)15(16-14(19)22)5-3-4-6-15/h2-11H2,1H3,(H,16,22). The number of nitrogens with one attached hydrogen (secondary N) is 1. The fourth-order valence-electron chi connectivity index (χ4n) is 3.77. The number of sulfonamides is 1. The molecule has 1 spiro atoms. The van der Waals surface area contributed by atoms with Crippen molar-refractivity contribution in [2.45, 2.75) is 38.1 Å². The maximum absolute atomic E-state index is 12.6. The summed E-state index contributed by atoms with van der Waals surface area (Å²) in [6, 6.07) is -0.507. The first kappa shape index (κ1) is 18.1. The van der Waals surface area contributed by atoms with Gasteiger partial charge in [-0.15, -0.1) is 0 Å². The van der Waals surface area contributed by atoms with Gasteiger partial charge in [0.15, 0.2) is 0 Å². The molecule has 9 nitrogen and oxygen atoms in total. The maximum Gasteiger partial charge on any atom is 0.325 e. The summed E-state index contributed by atoms with van der Waals surface area (Å²) in [7, 11) is -3.26. The molecule has 0 unspecified atom stereocenters. The van der Waals surface area contributed by atoms with Crippen molar-refractivity contribution < 1.29 is 22.8 Å². The van der Waals surface area contributed by atoms with E-state index in [1.165, 1.54) is 9.21 Å². The van der Waals surface area contributed by atoms with E-state index in [0.29, 0.717) is 12.8 Å². The monoisotopic (exact) mass is 372 g/mol. The lowest BCUT2D eigenvalue weighted by atomic mass is 9.98. The Morgan fingerprint density at radius 3 is 2.28 bits per heavy atom. The van der Waals surface area contributed by atoms with Gasteiger partial charge >= 0.3 is 6.03 Å². The second-order valence-electron chi connectivity index (χ2n) is 6.79. The molecule has 1 saturated carbocycles. The number of hydrogen-bond acceptors (Lipinski definition) is 5. The minimum Gasteiger partial charge on any atom is -0.338 e. The Morgan fingerprint density at radius 2 is 1.72 bits per heavy atom. The number of carbonyl (C=O) groups is 3. The molecule has 4 amide bonds. The van der Waals surface area contributed by atoms with E-state index in [-0.39, 0.29) is 50.3 Å². The lowest BCUT2D eigenvalue weighted by Crippen LogP contribution is -2.53. The average Bonchev–Trinajstić information content (AvgIpc) is 3.16. The average molecular weight is 372 g/mol. The minimum atomic E-state index is -3.26. The summed E-state index contributed by atoms with van der Waals surface area (Å²) in [6.45, 7) is 2.33. The van der Waals surface area contributed by atoms with E-state index in [1.54, 1.807) is 6.92 Å². The van der Waals surface area contributed by atoms with Crippen LogP contribution in [0, 0.1) is 0 Å². The van der Waals surface area contributed by atoms with Crippen LogP contribution in [0.5, 0.6) is 0 Å². The van der Waals surface area contributed by atoms with E-state index in [4.69, 9.17) is 0 Å². The highest BCUT2D eigenvalue weighted by Gasteiger charge is 2.52. The van der Waals surface area contributed by atoms with Crippen LogP contribution in [0.3, 0.4) is 0 Å². The Balaban J connectivity index is 1.58. The van der Waals surface area contributed by atoms with Crippen molar-refractivity contribution in [2.75, 3.05) is 38.5 Å². The predicted molar refractivity (Wildman–Crippen MR) is 89.1 cm³/mol. The van der Waals surface area contributed by atoms with Gasteiger partial charge in [-0.25, -0.2) is 13.2 Å². The molecule has 2 aliphatic heterocycles. The third kappa shape index (κ3) is 3.24. The predicted octanol–water partition coefficient (Wildman–Crippen LogP) is -0.655. The number of hydrogen-bond donors (Lipinski definition) is 1. The fraction of sp³-hybridized carbons (Fsp3) is 0.800. The smallest absolute Gasteiger partial charge is 0.325 e. The van der Waals surface area contributed by atoms with Crippen LogP contribution < -0.4 is 5.32 Å². The highest BCUT2D eigenvalue weighted by Crippen LogP contribution is 2.34. The Kier molecular flexibility index (Phi) is 4.76. The summed E-state index contributed by atoms with van der Waals surface area (Å²) in [5.41, 5.74) is -0.814. The van der Waals surface area contributed by atoms with Crippen molar-refractivity contribution in [3.63, 3.8) is 0 Å². The molecule has 0 aromatic rings. The molecule has 3 rings (SSSR count). The van der Waals surface area contributed by atoms with E-state index in [1.807, 2.05) is 0 Å². The highest BCUT2D eigenvalue weighted by molar-refractivity contribution is 7.89. The quantitative estimate of drug-likeness (QED) is 0.660. The first-order chi connectivity index (χ1) is 11.8. The summed E-state index contributed by atoms with van der Waals surface area (Å²) in [4.78, 5) is 39.7. The van der Waals surface area contributed by atoms with Gasteiger partial charge in [-0.3, -0.25) is 14.5 Å². The number of carbonyl (C=O) groups excluding carboxylic acids is 3. The largest absolute Gasteiger partial charge is 0.338 e. The van der Waals surface area contributed by atoms with Gasteiger partial charge in [0.05, 0.1) is 5.75 Å². The Bertz CT molecular complexity index is 678. The van der Waals surface area contributed by atoms with Crippen molar-refractivity contribution in [1.82, 2.24) is 19.4 Å². The van der Waals surface area contributed by atoms with Crippen molar-refractivity contribution in [2.24, 2.45) is 0 Å². The van der Waals surface area contributed by atoms with Crippen LogP contribution in [0.4, 0.5) is 4.79 Å². The van der Waals surface area contributed by atoms with E-state index in [2.05, 4.69) is 5.32 Å². The first-order valence-electron chi connectivity index (χ1n) is 8.69. The van der Waals surface area contributed by atoms with Crippen LogP contribution >= 0.6 is 0 Å². The zero-order valence-electron chi connectivity index (χ0n) is 14.4. The number of amides is 4. The summed E-state index contributed by atoms with van der Waals surface area (Å²) in [6.07, 6.45) is 3.02. The Morgan fingerprint density at radius 1 is 1.12 bits per heavy atom. The fourth-order valence-corrected chi connectivity index (χ4v) is 4.86. The van der Waals surface area contributed by atoms with Crippen LogP contribution in [0.15, 0.2) is 0 Å². The van der Waals surface area contributed by atoms with E-state index in [9.17, 15) is 22.8 Å². The number of urea groups is 1. The SMILES string of the molecule is CCS(=O)(=O)N1CCN(C(=O)CN2C(=O)NC3(CCCC3)C2=O)CC1. The zero-order chi connectivity index (χ0) is 18.2. The second kappa shape index (κ2) is 6.56. The van der Waals surface area contributed by atoms with Gasteiger partial charge in [0.1, 0.15) is 12.1 Å². The molecule has 0 aromatic carbocycles. The molecule has 25 heavy (non-hydrogen) atoms. The van der Waals surface area contributed by atoms with Crippen molar-refractivity contribution in [3.8, 4) is 0 Å². The molecular formula is C15H24N4O5S. The third-order valence-corrected chi connectivity index (χ3v) is 7.23. The van der Waals surface area contributed by atoms with Crippen molar-refractivity contribution in [3.05, 3.63) is 0 Å². The number of nitrogens with zero attached hydrogens (tertiary/aromatic N) is 3. The van der Waals surface area contributed by atoms with Gasteiger partial charge < -0.3 is 10.2 Å². The van der Waals surface area contributed by atoms with Gasteiger partial charge in [-0.1, -0.05) is 12.8 Å². The third-order valence-electron chi connectivity index (χ3n) is 5.35. The number of imide groups is 1. The van der Waals surface area contributed by atoms with Gasteiger partial charge in [0.25, 0.3) is 5.91 Å². The first-order valence-corrected chi connectivity index (χ1v) is 10.3. The second-order valence-corrected chi connectivity index (χ2v) is 9.05. The van der Waals surface area contributed by atoms with Crippen LogP contribution in [0.25, 0.3) is 0 Å². The summed E-state index contributed by atoms with van der Waals surface area (Å²) in [5, 5.41) is 2.75. The molecule has 0 atom stereocenters. The molecule has 1 N–H and O–H groups in total. The van der Waals surface area contributed by atoms with Crippen LogP contribution in [-0.2, 0) is 19.6 Å². The Labute approximate surface area is 147 Å². The van der Waals surface area contributed by atoms with E-state index < -0.39 is 21.6 Å². The van der Waals surface area contributed by atoms with Gasteiger partial charge in [0, 0.05) is 26.2 Å². The lowest BCUT2D eigenvalue weighted by Gasteiger charge is -2.34. The molecular weight excluding hydrogens is 348 g/mol. The van der Waals surface area contributed by atoms with Gasteiger partial charge in [-0.2, -0.15) is 4.31 Å². The molecule has 0 bridgehead atoms. The summed E-state index contributed by atoms with van der Waals surface area (Å²) in [5.74, 6) is -0.603. The molecule has 2 saturated heterocycles. The molecule has 3 fully saturated rings. The van der Waals surface area contributed by atoms with Crippen LogP contribution in [0.2, 0.25) is 0 Å². The number of rotatable bonds is 4. The topological polar surface area (TPSA) is 107 Å². The van der Waals surface area contributed by atoms with Crippen molar-refractivity contribution >= 4 is 27.9 Å². The normalized spacial score (nSPS) is 24.2. The summed E-state index contributed by atoms with van der Waals surface area (Å²) >= 11 is 0. The van der Waals surface area contributed by atoms with E-state index >= 15 is 0 Å². The van der Waals surface area contributed by atoms with Gasteiger partial charge in [-0.05, 0) is 19.8 Å². The molecule has 1 aliphatic carbocycles. The maximum atomic E-state index is 12.6. The lowest BCUT2D eigenvalue weighted by molar-refractivity contribution is -0.139. The highest BCUT2D eigenvalue weighted by atomic mass is 32.2. The minimum absolute atomic E-state index is 0.0332. The van der Waals surface area contributed by atoms with Crippen LogP contribution in [-0.4, -0.2) is 84.4 Å². The molecule has 0 aromatic heterocycles. The van der Waals surface area contributed by atoms with Crippen molar-refractivity contribution in [1.29, 1.82) is 0 Å². The molecule has 0 radical (unpaired) electrons.